The van der Waals surface area contributed by atoms with Gasteiger partial charge in [-0.1, -0.05) is 12.1 Å². The van der Waals surface area contributed by atoms with Gasteiger partial charge in [-0.3, -0.25) is 9.48 Å². The fraction of sp³-hybridized carbons (Fsp3) is 0.222. The summed E-state index contributed by atoms with van der Waals surface area (Å²) in [6.45, 7) is 1.37. The monoisotopic (exact) mass is 357 g/mol. The van der Waals surface area contributed by atoms with Crippen LogP contribution in [0.4, 0.5) is 0 Å². The van der Waals surface area contributed by atoms with Crippen molar-refractivity contribution in [3.8, 4) is 0 Å². The Bertz CT molecular complexity index is 788. The van der Waals surface area contributed by atoms with Crippen molar-refractivity contribution in [1.29, 1.82) is 0 Å². The molecule has 0 aliphatic carbocycles. The van der Waals surface area contributed by atoms with Crippen molar-refractivity contribution >= 4 is 34.7 Å². The van der Waals surface area contributed by atoms with E-state index < -0.39 is 0 Å². The van der Waals surface area contributed by atoms with Gasteiger partial charge in [-0.05, 0) is 35.4 Å². The molecule has 3 heterocycles. The van der Waals surface area contributed by atoms with Crippen LogP contribution >= 0.6 is 22.7 Å². The Morgan fingerprint density at radius 2 is 2.00 bits per heavy atom. The summed E-state index contributed by atoms with van der Waals surface area (Å²) in [5, 5.41) is 8.23. The minimum Gasteiger partial charge on any atom is -0.334 e. The van der Waals surface area contributed by atoms with Crippen molar-refractivity contribution in [3.05, 3.63) is 68.8 Å². The molecule has 0 aromatic carbocycles. The number of carbonyl (C=O) groups excluding carboxylic acids is 1. The maximum atomic E-state index is 12.6. The Balaban J connectivity index is 1.67. The predicted octanol–water partition coefficient (Wildman–Crippen LogP) is 3.83. The van der Waals surface area contributed by atoms with Crippen LogP contribution in [0, 0.1) is 0 Å². The molecular weight excluding hydrogens is 338 g/mol. The summed E-state index contributed by atoms with van der Waals surface area (Å²) < 4.78 is 1.73. The maximum absolute atomic E-state index is 12.6. The van der Waals surface area contributed by atoms with Crippen molar-refractivity contribution in [2.24, 2.45) is 7.05 Å². The van der Waals surface area contributed by atoms with E-state index in [0.29, 0.717) is 13.1 Å². The summed E-state index contributed by atoms with van der Waals surface area (Å²) in [4.78, 5) is 17.0. The minimum absolute atomic E-state index is 0.0313. The van der Waals surface area contributed by atoms with Crippen molar-refractivity contribution in [2.75, 3.05) is 6.54 Å². The summed E-state index contributed by atoms with van der Waals surface area (Å²) in [7, 11) is 1.86. The highest BCUT2D eigenvalue weighted by molar-refractivity contribution is 7.10. The molecule has 3 aromatic heterocycles. The van der Waals surface area contributed by atoms with Crippen LogP contribution in [0.5, 0.6) is 0 Å². The predicted molar refractivity (Wildman–Crippen MR) is 100 cm³/mol. The smallest absolute Gasteiger partial charge is 0.246 e. The van der Waals surface area contributed by atoms with Gasteiger partial charge in [0.1, 0.15) is 0 Å². The molecule has 0 atom stereocenters. The number of carbonyl (C=O) groups is 1. The third-order valence-electron chi connectivity index (χ3n) is 3.59. The first kappa shape index (κ1) is 16.7. The zero-order valence-corrected chi connectivity index (χ0v) is 15.1. The van der Waals surface area contributed by atoms with Gasteiger partial charge in [0, 0.05) is 41.2 Å². The molecule has 0 N–H and O–H groups in total. The Morgan fingerprint density at radius 1 is 1.25 bits per heavy atom. The van der Waals surface area contributed by atoms with E-state index in [1.165, 1.54) is 9.75 Å². The minimum atomic E-state index is 0.0313. The van der Waals surface area contributed by atoms with E-state index in [4.69, 9.17) is 0 Å². The number of hydrogen-bond acceptors (Lipinski definition) is 4. The van der Waals surface area contributed by atoms with Gasteiger partial charge < -0.3 is 4.90 Å². The summed E-state index contributed by atoms with van der Waals surface area (Å²) in [5.74, 6) is 0.0313. The van der Waals surface area contributed by atoms with Crippen LogP contribution in [-0.4, -0.2) is 27.1 Å². The van der Waals surface area contributed by atoms with Crippen LogP contribution in [0.25, 0.3) is 6.08 Å². The number of hydrogen-bond donors (Lipinski definition) is 0. The highest BCUT2D eigenvalue weighted by atomic mass is 32.1. The first-order valence-electron chi connectivity index (χ1n) is 7.71. The van der Waals surface area contributed by atoms with Crippen molar-refractivity contribution in [2.45, 2.75) is 13.0 Å². The van der Waals surface area contributed by atoms with Crippen molar-refractivity contribution in [1.82, 2.24) is 14.7 Å². The molecule has 0 radical (unpaired) electrons. The second kappa shape index (κ2) is 8.08. The number of aromatic nitrogens is 2. The van der Waals surface area contributed by atoms with Crippen molar-refractivity contribution < 1.29 is 4.79 Å². The molecule has 0 unspecified atom stereocenters. The van der Waals surface area contributed by atoms with E-state index in [2.05, 4.69) is 22.6 Å². The van der Waals surface area contributed by atoms with E-state index in [0.717, 1.165) is 12.0 Å². The first-order valence-corrected chi connectivity index (χ1v) is 9.47. The molecule has 0 saturated heterocycles. The Morgan fingerprint density at radius 3 is 2.62 bits per heavy atom. The van der Waals surface area contributed by atoms with Crippen LogP contribution in [0.15, 0.2) is 53.5 Å². The number of nitrogens with zero attached hydrogens (tertiary/aromatic N) is 3. The Labute approximate surface area is 149 Å². The topological polar surface area (TPSA) is 38.1 Å². The highest BCUT2D eigenvalue weighted by Gasteiger charge is 2.12. The van der Waals surface area contributed by atoms with E-state index >= 15 is 0 Å². The van der Waals surface area contributed by atoms with Crippen LogP contribution < -0.4 is 0 Å². The molecule has 3 aromatic rings. The lowest BCUT2D eigenvalue weighted by atomic mass is 10.2. The molecule has 6 heteroatoms. The van der Waals surface area contributed by atoms with E-state index in [1.807, 2.05) is 41.7 Å². The second-order valence-corrected chi connectivity index (χ2v) is 7.51. The zero-order valence-electron chi connectivity index (χ0n) is 13.5. The molecule has 0 aliphatic rings. The van der Waals surface area contributed by atoms with Gasteiger partial charge in [0.2, 0.25) is 5.91 Å². The Kier molecular flexibility index (Phi) is 5.61. The molecule has 0 bridgehead atoms. The molecule has 124 valence electrons. The lowest BCUT2D eigenvalue weighted by molar-refractivity contribution is -0.126. The molecule has 1 amide bonds. The van der Waals surface area contributed by atoms with Gasteiger partial charge in [0.15, 0.2) is 0 Å². The molecule has 3 rings (SSSR count). The number of thiophene rings is 2. The third-order valence-corrected chi connectivity index (χ3v) is 5.39. The summed E-state index contributed by atoms with van der Waals surface area (Å²) >= 11 is 3.41. The van der Waals surface area contributed by atoms with Crippen LogP contribution in [0.2, 0.25) is 0 Å². The quantitative estimate of drug-likeness (QED) is 0.603. The first-order chi connectivity index (χ1) is 11.7. The molecule has 24 heavy (non-hydrogen) atoms. The van der Waals surface area contributed by atoms with Crippen LogP contribution in [0.1, 0.15) is 15.3 Å². The standard InChI is InChI=1S/C18H19N3OS2/c1-20-13-15(12-19-20)6-7-18(22)21(14-17-5-3-11-24-17)9-8-16-4-2-10-23-16/h2-7,10-13H,8-9,14H2,1H3. The number of amides is 1. The van der Waals surface area contributed by atoms with E-state index in [1.54, 1.807) is 39.6 Å². The zero-order chi connectivity index (χ0) is 16.8. The van der Waals surface area contributed by atoms with Gasteiger partial charge >= 0.3 is 0 Å². The fourth-order valence-electron chi connectivity index (χ4n) is 2.36. The van der Waals surface area contributed by atoms with E-state index in [-0.39, 0.29) is 5.91 Å². The molecule has 0 saturated carbocycles. The molecule has 0 spiro atoms. The van der Waals surface area contributed by atoms with Gasteiger partial charge in [0.25, 0.3) is 0 Å². The average Bonchev–Trinajstić information content (AvgIpc) is 3.32. The lowest BCUT2D eigenvalue weighted by Gasteiger charge is -2.20. The number of rotatable bonds is 7. The maximum Gasteiger partial charge on any atom is 0.246 e. The fourth-order valence-corrected chi connectivity index (χ4v) is 3.77. The number of aryl methyl sites for hydroxylation is 1. The Hall–Kier alpha value is -2.18. The lowest BCUT2D eigenvalue weighted by Crippen LogP contribution is -2.30. The average molecular weight is 358 g/mol. The molecule has 4 nitrogen and oxygen atoms in total. The summed E-state index contributed by atoms with van der Waals surface area (Å²) in [5.41, 5.74) is 0.931. The third kappa shape index (κ3) is 4.66. The largest absolute Gasteiger partial charge is 0.334 e. The van der Waals surface area contributed by atoms with Crippen LogP contribution in [0.3, 0.4) is 0 Å². The van der Waals surface area contributed by atoms with Gasteiger partial charge in [0.05, 0.1) is 12.7 Å². The van der Waals surface area contributed by atoms with Crippen LogP contribution in [-0.2, 0) is 24.8 Å². The second-order valence-electron chi connectivity index (χ2n) is 5.45. The SMILES string of the molecule is Cn1cc(C=CC(=O)N(CCc2cccs2)Cc2cccs2)cn1. The van der Waals surface area contributed by atoms with Gasteiger partial charge in [-0.15, -0.1) is 22.7 Å². The van der Waals surface area contributed by atoms with Gasteiger partial charge in [-0.25, -0.2) is 0 Å². The summed E-state index contributed by atoms with van der Waals surface area (Å²) in [6.07, 6.45) is 7.98. The molecule has 0 aliphatic heterocycles. The van der Waals surface area contributed by atoms with Crippen molar-refractivity contribution in [3.63, 3.8) is 0 Å². The molecule has 0 fully saturated rings. The molecular formula is C18H19N3OS2. The normalized spacial score (nSPS) is 11.2. The summed E-state index contributed by atoms with van der Waals surface area (Å²) in [6, 6.07) is 8.26. The highest BCUT2D eigenvalue weighted by Crippen LogP contribution is 2.15. The van der Waals surface area contributed by atoms with E-state index in [9.17, 15) is 4.79 Å². The van der Waals surface area contributed by atoms with Gasteiger partial charge in [-0.2, -0.15) is 5.10 Å².